The molecule has 1 aliphatic carbocycles. The first-order chi connectivity index (χ1) is 7.31. The molecule has 1 aromatic rings. The minimum atomic E-state index is 0.944. The molecule has 1 N–H and O–H groups in total. The topological polar surface area (TPSA) is 17.0 Å². The summed E-state index contributed by atoms with van der Waals surface area (Å²) in [5.74, 6) is 1.90. The van der Waals surface area contributed by atoms with Gasteiger partial charge in [0.2, 0.25) is 0 Å². The average Bonchev–Trinajstić information content (AvgIpc) is 2.74. The van der Waals surface area contributed by atoms with Gasteiger partial charge in [0, 0.05) is 25.0 Å². The first kappa shape index (κ1) is 10.7. The Morgan fingerprint density at radius 2 is 2.33 bits per heavy atom. The summed E-state index contributed by atoms with van der Waals surface area (Å²) in [5, 5.41) is 3.56. The average molecular weight is 206 g/mol. The van der Waals surface area contributed by atoms with Gasteiger partial charge >= 0.3 is 0 Å². The predicted molar refractivity (Wildman–Crippen MR) is 63.7 cm³/mol. The van der Waals surface area contributed by atoms with E-state index in [0.717, 1.165) is 24.9 Å². The van der Waals surface area contributed by atoms with Crippen LogP contribution < -0.4 is 5.32 Å². The normalized spacial score (nSPS) is 24.4. The molecule has 0 radical (unpaired) electrons. The Balaban J connectivity index is 1.74. The second-order valence-corrected chi connectivity index (χ2v) is 4.80. The molecule has 0 aliphatic heterocycles. The maximum Gasteiger partial charge on any atom is 0.0359 e. The first-order valence-corrected chi connectivity index (χ1v) is 6.16. The van der Waals surface area contributed by atoms with Gasteiger partial charge in [0.15, 0.2) is 0 Å². The minimum absolute atomic E-state index is 0.944. The first-order valence-electron chi connectivity index (χ1n) is 6.16. The summed E-state index contributed by atoms with van der Waals surface area (Å²) in [4.78, 5) is 0. The smallest absolute Gasteiger partial charge is 0.0359 e. The second-order valence-electron chi connectivity index (χ2n) is 4.80. The van der Waals surface area contributed by atoms with E-state index in [-0.39, 0.29) is 0 Å². The zero-order valence-corrected chi connectivity index (χ0v) is 9.87. The molecule has 0 saturated heterocycles. The molecule has 2 unspecified atom stereocenters. The molecule has 1 heterocycles. The van der Waals surface area contributed by atoms with Gasteiger partial charge in [-0.25, -0.2) is 0 Å². The third-order valence-electron chi connectivity index (χ3n) is 3.38. The summed E-state index contributed by atoms with van der Waals surface area (Å²) in [6.07, 6.45) is 4.81. The fraction of sp³-hybridized carbons (Fsp3) is 0.692. The lowest BCUT2D eigenvalue weighted by Gasteiger charge is -2.08. The van der Waals surface area contributed by atoms with Gasteiger partial charge in [0.05, 0.1) is 0 Å². The number of aromatic nitrogens is 1. The highest BCUT2D eigenvalue weighted by Crippen LogP contribution is 2.36. The molecular weight excluding hydrogens is 184 g/mol. The molecule has 1 aromatic heterocycles. The maximum atomic E-state index is 3.56. The number of nitrogens with one attached hydrogen (secondary N) is 1. The predicted octanol–water partition coefficient (Wildman–Crippen LogP) is 2.64. The van der Waals surface area contributed by atoms with Gasteiger partial charge in [-0.1, -0.05) is 13.8 Å². The maximum absolute atomic E-state index is 3.56. The number of nitrogens with zero attached hydrogens (tertiary/aromatic N) is 1. The van der Waals surface area contributed by atoms with Crippen LogP contribution in [0.4, 0.5) is 0 Å². The Morgan fingerprint density at radius 3 is 3.00 bits per heavy atom. The Hall–Kier alpha value is -0.760. The summed E-state index contributed by atoms with van der Waals surface area (Å²) in [6.45, 7) is 7.92. The van der Waals surface area contributed by atoms with E-state index < -0.39 is 0 Å². The second kappa shape index (κ2) is 4.84. The molecule has 1 fully saturated rings. The molecule has 0 amide bonds. The Kier molecular flexibility index (Phi) is 3.47. The highest BCUT2D eigenvalue weighted by atomic mass is 15.0. The molecule has 0 bridgehead atoms. The fourth-order valence-electron chi connectivity index (χ4n) is 2.14. The van der Waals surface area contributed by atoms with Crippen molar-refractivity contribution in [1.82, 2.24) is 9.88 Å². The van der Waals surface area contributed by atoms with E-state index in [1.165, 1.54) is 25.1 Å². The molecule has 2 heteroatoms. The summed E-state index contributed by atoms with van der Waals surface area (Å²) >= 11 is 0. The van der Waals surface area contributed by atoms with Crippen LogP contribution in [-0.2, 0) is 13.1 Å². The van der Waals surface area contributed by atoms with E-state index in [2.05, 4.69) is 42.1 Å². The molecule has 2 rings (SSSR count). The molecule has 15 heavy (non-hydrogen) atoms. The summed E-state index contributed by atoms with van der Waals surface area (Å²) in [7, 11) is 0. The lowest BCUT2D eigenvalue weighted by Crippen LogP contribution is -2.19. The van der Waals surface area contributed by atoms with Crippen LogP contribution in [0.25, 0.3) is 0 Å². The lowest BCUT2D eigenvalue weighted by molar-refractivity contribution is 0.572. The largest absolute Gasteiger partial charge is 0.350 e. The lowest BCUT2D eigenvalue weighted by atomic mass is 10.3. The quantitative estimate of drug-likeness (QED) is 0.757. The van der Waals surface area contributed by atoms with Gasteiger partial charge in [-0.15, -0.1) is 0 Å². The van der Waals surface area contributed by atoms with E-state index in [1.54, 1.807) is 0 Å². The number of rotatable bonds is 6. The van der Waals surface area contributed by atoms with Crippen LogP contribution >= 0.6 is 0 Å². The van der Waals surface area contributed by atoms with E-state index in [0.29, 0.717) is 0 Å². The van der Waals surface area contributed by atoms with E-state index in [4.69, 9.17) is 0 Å². The van der Waals surface area contributed by atoms with Crippen molar-refractivity contribution in [1.29, 1.82) is 0 Å². The van der Waals surface area contributed by atoms with Crippen molar-refractivity contribution < 1.29 is 0 Å². The SMILES string of the molecule is CCCn1cccc1CNCC1CC1C. The van der Waals surface area contributed by atoms with Crippen molar-refractivity contribution in [2.24, 2.45) is 11.8 Å². The van der Waals surface area contributed by atoms with Gasteiger partial charge in [0.1, 0.15) is 0 Å². The zero-order chi connectivity index (χ0) is 10.7. The monoisotopic (exact) mass is 206 g/mol. The molecule has 2 atom stereocenters. The van der Waals surface area contributed by atoms with Crippen molar-refractivity contribution in [2.45, 2.75) is 39.8 Å². The van der Waals surface area contributed by atoms with E-state index in [9.17, 15) is 0 Å². The van der Waals surface area contributed by atoms with Crippen LogP contribution in [0.5, 0.6) is 0 Å². The Labute approximate surface area is 92.7 Å². The van der Waals surface area contributed by atoms with Crippen LogP contribution in [0.2, 0.25) is 0 Å². The Bertz CT molecular complexity index is 303. The van der Waals surface area contributed by atoms with Gasteiger partial charge in [0.25, 0.3) is 0 Å². The van der Waals surface area contributed by atoms with E-state index in [1.807, 2.05) is 0 Å². The number of hydrogen-bond acceptors (Lipinski definition) is 1. The van der Waals surface area contributed by atoms with Crippen LogP contribution in [0.3, 0.4) is 0 Å². The summed E-state index contributed by atoms with van der Waals surface area (Å²) < 4.78 is 2.35. The summed E-state index contributed by atoms with van der Waals surface area (Å²) in [5.41, 5.74) is 1.42. The molecule has 1 aliphatic rings. The fourth-order valence-corrected chi connectivity index (χ4v) is 2.14. The molecule has 84 valence electrons. The highest BCUT2D eigenvalue weighted by molar-refractivity contribution is 5.07. The van der Waals surface area contributed by atoms with Gasteiger partial charge in [-0.3, -0.25) is 0 Å². The number of aryl methyl sites for hydroxylation is 1. The van der Waals surface area contributed by atoms with Crippen molar-refractivity contribution in [3.8, 4) is 0 Å². The third-order valence-corrected chi connectivity index (χ3v) is 3.38. The summed E-state index contributed by atoms with van der Waals surface area (Å²) in [6, 6.07) is 4.37. The van der Waals surface area contributed by atoms with Gasteiger partial charge in [-0.2, -0.15) is 0 Å². The van der Waals surface area contributed by atoms with Crippen LogP contribution in [-0.4, -0.2) is 11.1 Å². The van der Waals surface area contributed by atoms with Gasteiger partial charge in [-0.05, 0) is 43.4 Å². The number of hydrogen-bond donors (Lipinski definition) is 1. The van der Waals surface area contributed by atoms with Crippen LogP contribution in [0.15, 0.2) is 18.3 Å². The highest BCUT2D eigenvalue weighted by Gasteiger charge is 2.31. The van der Waals surface area contributed by atoms with Crippen molar-refractivity contribution in [2.75, 3.05) is 6.54 Å². The standard InChI is InChI=1S/C13H22N2/c1-3-6-15-7-4-5-13(15)10-14-9-12-8-11(12)2/h4-5,7,11-12,14H,3,6,8-10H2,1-2H3. The molecule has 1 saturated carbocycles. The molecular formula is C13H22N2. The molecule has 2 nitrogen and oxygen atoms in total. The third kappa shape index (κ3) is 2.85. The minimum Gasteiger partial charge on any atom is -0.350 e. The molecule has 0 aromatic carbocycles. The van der Waals surface area contributed by atoms with Gasteiger partial charge < -0.3 is 9.88 Å². The van der Waals surface area contributed by atoms with Crippen molar-refractivity contribution >= 4 is 0 Å². The van der Waals surface area contributed by atoms with Crippen LogP contribution in [0, 0.1) is 11.8 Å². The van der Waals surface area contributed by atoms with Crippen molar-refractivity contribution in [3.63, 3.8) is 0 Å². The molecule has 0 spiro atoms. The van der Waals surface area contributed by atoms with Crippen LogP contribution in [0.1, 0.15) is 32.4 Å². The van der Waals surface area contributed by atoms with Crippen molar-refractivity contribution in [3.05, 3.63) is 24.0 Å². The zero-order valence-electron chi connectivity index (χ0n) is 9.87. The Morgan fingerprint density at radius 1 is 1.53 bits per heavy atom. The van der Waals surface area contributed by atoms with E-state index >= 15 is 0 Å².